The van der Waals surface area contributed by atoms with E-state index in [1.54, 1.807) is 29.2 Å². The lowest BCUT2D eigenvalue weighted by Crippen LogP contribution is -2.29. The fourth-order valence-corrected chi connectivity index (χ4v) is 3.12. The predicted molar refractivity (Wildman–Crippen MR) is 96.0 cm³/mol. The van der Waals surface area contributed by atoms with Crippen LogP contribution in [0.25, 0.3) is 0 Å². The van der Waals surface area contributed by atoms with E-state index >= 15 is 0 Å². The molecular weight excluding hydrogens is 365 g/mol. The Labute approximate surface area is 155 Å². The van der Waals surface area contributed by atoms with Gasteiger partial charge in [-0.3, -0.25) is 4.79 Å². The van der Waals surface area contributed by atoms with Crippen LogP contribution in [0.15, 0.2) is 30.5 Å². The number of carbonyl (C=O) groups is 1. The summed E-state index contributed by atoms with van der Waals surface area (Å²) in [6.45, 7) is 0.925. The Morgan fingerprint density at radius 2 is 2.12 bits per heavy atom. The van der Waals surface area contributed by atoms with Gasteiger partial charge in [-0.15, -0.1) is 0 Å². The molecule has 1 aliphatic heterocycles. The molecule has 0 saturated carbocycles. The second-order valence-corrected chi connectivity index (χ2v) is 6.60. The monoisotopic (exact) mass is 381 g/mol. The molecule has 8 heteroatoms. The maximum atomic E-state index is 12.5. The van der Waals surface area contributed by atoms with Crippen LogP contribution in [-0.2, 0) is 6.61 Å². The number of benzene rings is 1. The zero-order chi connectivity index (χ0) is 18.0. The van der Waals surface area contributed by atoms with E-state index in [2.05, 4.69) is 4.98 Å². The van der Waals surface area contributed by atoms with Crippen LogP contribution in [0.3, 0.4) is 0 Å². The fraction of sp³-hybridized carbons (Fsp3) is 0.294. The highest BCUT2D eigenvalue weighted by atomic mass is 35.5. The van der Waals surface area contributed by atoms with E-state index in [0.717, 1.165) is 0 Å². The van der Waals surface area contributed by atoms with Crippen molar-refractivity contribution >= 4 is 34.9 Å². The van der Waals surface area contributed by atoms with Crippen LogP contribution in [0.1, 0.15) is 22.3 Å². The lowest BCUT2D eigenvalue weighted by Gasteiger charge is -2.16. The van der Waals surface area contributed by atoms with E-state index in [4.69, 9.17) is 33.7 Å². The second kappa shape index (κ2) is 7.47. The maximum absolute atomic E-state index is 12.5. The van der Waals surface area contributed by atoms with Crippen molar-refractivity contribution in [3.8, 4) is 5.75 Å². The molecule has 6 nitrogen and oxygen atoms in total. The second-order valence-electron chi connectivity index (χ2n) is 5.79. The zero-order valence-electron chi connectivity index (χ0n) is 13.3. The van der Waals surface area contributed by atoms with Gasteiger partial charge in [0.1, 0.15) is 6.61 Å². The van der Waals surface area contributed by atoms with Crippen LogP contribution in [0.2, 0.25) is 10.0 Å². The van der Waals surface area contributed by atoms with Crippen molar-refractivity contribution in [3.05, 3.63) is 51.6 Å². The number of amides is 1. The van der Waals surface area contributed by atoms with Gasteiger partial charge < -0.3 is 20.5 Å². The Kier molecular flexibility index (Phi) is 5.32. The fourth-order valence-electron chi connectivity index (χ4n) is 2.62. The molecule has 1 fully saturated rings. The number of aliphatic hydroxyl groups is 1. The number of nitrogens with two attached hydrogens (primary N) is 1. The van der Waals surface area contributed by atoms with Gasteiger partial charge in [-0.2, -0.15) is 0 Å². The van der Waals surface area contributed by atoms with E-state index in [0.29, 0.717) is 40.7 Å². The summed E-state index contributed by atoms with van der Waals surface area (Å²) in [6, 6.07) is 6.71. The first kappa shape index (κ1) is 17.8. The Balaban J connectivity index is 1.77. The summed E-state index contributed by atoms with van der Waals surface area (Å²) < 4.78 is 5.68. The van der Waals surface area contributed by atoms with Crippen molar-refractivity contribution in [2.24, 2.45) is 0 Å². The van der Waals surface area contributed by atoms with E-state index < -0.39 is 6.10 Å². The number of pyridine rings is 1. The van der Waals surface area contributed by atoms with Crippen molar-refractivity contribution in [2.45, 2.75) is 19.1 Å². The molecule has 0 aliphatic carbocycles. The number of β-amino-alcohol motifs (C(OH)–C–C–N with tert-alkyl or cyclic N) is 1. The Morgan fingerprint density at radius 1 is 1.40 bits per heavy atom. The van der Waals surface area contributed by atoms with Gasteiger partial charge in [0.15, 0.2) is 11.6 Å². The minimum atomic E-state index is -0.483. The Hall–Kier alpha value is -2.02. The van der Waals surface area contributed by atoms with Crippen LogP contribution in [0.5, 0.6) is 5.75 Å². The molecule has 0 bridgehead atoms. The number of aromatic nitrogens is 1. The summed E-state index contributed by atoms with van der Waals surface area (Å²) in [5, 5.41) is 10.5. The van der Waals surface area contributed by atoms with E-state index in [1.807, 2.05) is 0 Å². The van der Waals surface area contributed by atoms with Crippen molar-refractivity contribution in [3.63, 3.8) is 0 Å². The summed E-state index contributed by atoms with van der Waals surface area (Å²) in [7, 11) is 0. The van der Waals surface area contributed by atoms with Gasteiger partial charge >= 0.3 is 0 Å². The zero-order valence-corrected chi connectivity index (χ0v) is 14.8. The molecule has 1 saturated heterocycles. The average Bonchev–Trinajstić information content (AvgIpc) is 3.01. The van der Waals surface area contributed by atoms with E-state index in [-0.39, 0.29) is 24.1 Å². The molecule has 1 atom stereocenters. The highest BCUT2D eigenvalue weighted by Gasteiger charge is 2.26. The molecular formula is C17H17Cl2N3O3. The quantitative estimate of drug-likeness (QED) is 0.849. The number of ether oxygens (including phenoxy) is 1. The molecule has 1 aliphatic rings. The Bertz CT molecular complexity index is 780. The molecule has 0 radical (unpaired) electrons. The third kappa shape index (κ3) is 3.98. The first-order valence-electron chi connectivity index (χ1n) is 7.74. The number of rotatable bonds is 4. The van der Waals surface area contributed by atoms with Crippen LogP contribution in [0, 0.1) is 0 Å². The minimum Gasteiger partial charge on any atom is -0.485 e. The average molecular weight is 382 g/mol. The first-order chi connectivity index (χ1) is 12.0. The van der Waals surface area contributed by atoms with Gasteiger partial charge in [-0.05, 0) is 24.6 Å². The molecule has 1 aromatic heterocycles. The highest BCUT2D eigenvalue weighted by Crippen LogP contribution is 2.28. The van der Waals surface area contributed by atoms with Gasteiger partial charge in [-0.1, -0.05) is 29.3 Å². The normalized spacial score (nSPS) is 16.9. The van der Waals surface area contributed by atoms with Gasteiger partial charge in [0.05, 0.1) is 11.7 Å². The lowest BCUT2D eigenvalue weighted by atomic mass is 10.2. The summed E-state index contributed by atoms with van der Waals surface area (Å²) in [5.74, 6) is 0.229. The molecule has 1 amide bonds. The SMILES string of the molecule is Nc1ncc(C(=O)N2CCC(O)C2)cc1OCc1c(Cl)cccc1Cl. The minimum absolute atomic E-state index is 0.102. The summed E-state index contributed by atoms with van der Waals surface area (Å²) in [4.78, 5) is 18.1. The molecule has 25 heavy (non-hydrogen) atoms. The van der Waals surface area contributed by atoms with Gasteiger partial charge in [0.2, 0.25) is 0 Å². The molecule has 1 unspecified atom stereocenters. The van der Waals surface area contributed by atoms with Gasteiger partial charge in [-0.25, -0.2) is 4.98 Å². The third-order valence-electron chi connectivity index (χ3n) is 4.01. The molecule has 2 heterocycles. The van der Waals surface area contributed by atoms with Gasteiger partial charge in [0, 0.05) is 34.9 Å². The number of anilines is 1. The van der Waals surface area contributed by atoms with Crippen molar-refractivity contribution in [2.75, 3.05) is 18.8 Å². The molecule has 132 valence electrons. The molecule has 1 aromatic carbocycles. The Morgan fingerprint density at radius 3 is 2.76 bits per heavy atom. The number of carbonyl (C=O) groups excluding carboxylic acids is 1. The summed E-state index contributed by atoms with van der Waals surface area (Å²) in [5.41, 5.74) is 6.82. The van der Waals surface area contributed by atoms with E-state index in [9.17, 15) is 9.90 Å². The first-order valence-corrected chi connectivity index (χ1v) is 8.50. The number of halogens is 2. The molecule has 3 rings (SSSR count). The number of hydrogen-bond acceptors (Lipinski definition) is 5. The van der Waals surface area contributed by atoms with Crippen LogP contribution >= 0.6 is 23.2 Å². The predicted octanol–water partition coefficient (Wildman–Crippen LogP) is 2.76. The van der Waals surface area contributed by atoms with Crippen LogP contribution in [0.4, 0.5) is 5.82 Å². The molecule has 3 N–H and O–H groups in total. The lowest BCUT2D eigenvalue weighted by molar-refractivity contribution is 0.0764. The van der Waals surface area contributed by atoms with Crippen molar-refractivity contribution in [1.82, 2.24) is 9.88 Å². The molecule has 0 spiro atoms. The van der Waals surface area contributed by atoms with Gasteiger partial charge in [0.25, 0.3) is 5.91 Å². The smallest absolute Gasteiger partial charge is 0.255 e. The standard InChI is InChI=1S/C17H17Cl2N3O3/c18-13-2-1-3-14(19)12(13)9-25-15-6-10(7-21-16(15)20)17(24)22-5-4-11(23)8-22/h1-3,6-7,11,23H,4-5,8-9H2,(H2,20,21). The number of hydrogen-bond donors (Lipinski definition) is 2. The third-order valence-corrected chi connectivity index (χ3v) is 4.72. The van der Waals surface area contributed by atoms with Crippen molar-refractivity contribution < 1.29 is 14.6 Å². The number of likely N-dealkylation sites (tertiary alicyclic amines) is 1. The summed E-state index contributed by atoms with van der Waals surface area (Å²) >= 11 is 12.2. The number of aliphatic hydroxyl groups excluding tert-OH is 1. The maximum Gasteiger partial charge on any atom is 0.255 e. The number of nitrogens with zero attached hydrogens (tertiary/aromatic N) is 2. The summed E-state index contributed by atoms with van der Waals surface area (Å²) in [6.07, 6.45) is 1.49. The van der Waals surface area contributed by atoms with Crippen molar-refractivity contribution in [1.29, 1.82) is 0 Å². The van der Waals surface area contributed by atoms with E-state index in [1.165, 1.54) is 6.20 Å². The molecule has 2 aromatic rings. The largest absolute Gasteiger partial charge is 0.485 e. The highest BCUT2D eigenvalue weighted by molar-refractivity contribution is 6.35. The topological polar surface area (TPSA) is 88.7 Å². The van der Waals surface area contributed by atoms with Crippen LogP contribution < -0.4 is 10.5 Å². The van der Waals surface area contributed by atoms with Crippen LogP contribution in [-0.4, -0.2) is 40.1 Å². The number of nitrogen functional groups attached to an aromatic ring is 1.